The third-order valence-electron chi connectivity index (χ3n) is 4.85. The quantitative estimate of drug-likeness (QED) is 0.774. The highest BCUT2D eigenvalue weighted by atomic mass is 32.2. The molecule has 0 aromatic heterocycles. The van der Waals surface area contributed by atoms with Crippen molar-refractivity contribution in [2.24, 2.45) is 4.40 Å². The van der Waals surface area contributed by atoms with Crippen molar-refractivity contribution in [3.05, 3.63) is 29.8 Å². The number of amides is 1. The monoisotopic (exact) mass is 348 g/mol. The summed E-state index contributed by atoms with van der Waals surface area (Å²) in [6, 6.07) is 6.53. The molecule has 1 amide bonds. The molecule has 1 aromatic carbocycles. The molecule has 0 radical (unpaired) electrons. The zero-order valence-corrected chi connectivity index (χ0v) is 14.1. The lowest BCUT2D eigenvalue weighted by atomic mass is 10.1. The smallest absolute Gasteiger partial charge is 0.285 e. The molecule has 3 aliphatic rings. The predicted octanol–water partition coefficient (Wildman–Crippen LogP) is 0.0317. The van der Waals surface area contributed by atoms with Crippen LogP contribution in [0.3, 0.4) is 0 Å². The van der Waals surface area contributed by atoms with Gasteiger partial charge in [-0.25, -0.2) is 0 Å². The molecule has 24 heavy (non-hydrogen) atoms. The van der Waals surface area contributed by atoms with Crippen LogP contribution in [0.2, 0.25) is 0 Å². The minimum absolute atomic E-state index is 0.0819. The van der Waals surface area contributed by atoms with Gasteiger partial charge in [0.05, 0.1) is 0 Å². The average Bonchev–Trinajstić information content (AvgIpc) is 3.18. The minimum Gasteiger partial charge on any atom is -0.343 e. The van der Waals surface area contributed by atoms with Gasteiger partial charge in [-0.2, -0.15) is 8.42 Å². The van der Waals surface area contributed by atoms with Crippen LogP contribution in [0.4, 0.5) is 0 Å². The maximum Gasteiger partial charge on any atom is 0.285 e. The first kappa shape index (κ1) is 15.6. The van der Waals surface area contributed by atoms with Crippen LogP contribution in [0.1, 0.15) is 18.4 Å². The number of likely N-dealkylation sites (tertiary alicyclic amines) is 1. The van der Waals surface area contributed by atoms with Gasteiger partial charge in [-0.05, 0) is 25.0 Å². The van der Waals surface area contributed by atoms with Crippen molar-refractivity contribution in [2.75, 3.05) is 32.7 Å². The number of benzene rings is 1. The number of nitrogens with zero attached hydrogens (tertiary/aromatic N) is 3. The highest BCUT2D eigenvalue weighted by Gasteiger charge is 2.40. The maximum atomic E-state index is 12.9. The number of carbonyl (C=O) groups is 1. The van der Waals surface area contributed by atoms with Crippen LogP contribution in [0.5, 0.6) is 0 Å². The van der Waals surface area contributed by atoms with E-state index in [-0.39, 0.29) is 16.8 Å². The molecule has 0 spiro atoms. The molecule has 1 aromatic rings. The van der Waals surface area contributed by atoms with Crippen molar-refractivity contribution in [2.45, 2.75) is 23.8 Å². The van der Waals surface area contributed by atoms with Gasteiger partial charge in [0.1, 0.15) is 10.9 Å². The second-order valence-electron chi connectivity index (χ2n) is 6.31. The van der Waals surface area contributed by atoms with Gasteiger partial charge in [0.15, 0.2) is 5.84 Å². The Morgan fingerprint density at radius 3 is 2.71 bits per heavy atom. The van der Waals surface area contributed by atoms with Crippen LogP contribution < -0.4 is 5.32 Å². The highest BCUT2D eigenvalue weighted by molar-refractivity contribution is 7.90. The lowest BCUT2D eigenvalue weighted by molar-refractivity contribution is -0.135. The van der Waals surface area contributed by atoms with E-state index in [2.05, 4.69) is 9.71 Å². The Bertz CT molecular complexity index is 799. The molecule has 7 nitrogen and oxygen atoms in total. The minimum atomic E-state index is -3.65. The molecule has 0 saturated carbocycles. The molecule has 4 rings (SSSR count). The van der Waals surface area contributed by atoms with Crippen molar-refractivity contribution in [3.8, 4) is 0 Å². The van der Waals surface area contributed by atoms with Crippen molar-refractivity contribution < 1.29 is 13.2 Å². The number of hydrogen-bond acceptors (Lipinski definition) is 5. The van der Waals surface area contributed by atoms with E-state index in [1.165, 1.54) is 0 Å². The van der Waals surface area contributed by atoms with Gasteiger partial charge >= 0.3 is 0 Å². The van der Waals surface area contributed by atoms with Gasteiger partial charge in [0.25, 0.3) is 10.0 Å². The van der Waals surface area contributed by atoms with Gasteiger partial charge in [0.2, 0.25) is 5.91 Å². The molecule has 2 fully saturated rings. The van der Waals surface area contributed by atoms with E-state index in [1.807, 2.05) is 9.80 Å². The Labute approximate surface area is 141 Å². The van der Waals surface area contributed by atoms with Crippen molar-refractivity contribution in [1.82, 2.24) is 15.1 Å². The molecule has 1 N–H and O–H groups in total. The van der Waals surface area contributed by atoms with Gasteiger partial charge < -0.3 is 15.1 Å². The Balaban J connectivity index is 1.65. The van der Waals surface area contributed by atoms with E-state index in [1.54, 1.807) is 24.3 Å². The van der Waals surface area contributed by atoms with E-state index in [0.29, 0.717) is 31.0 Å². The van der Waals surface area contributed by atoms with E-state index >= 15 is 0 Å². The fourth-order valence-electron chi connectivity index (χ4n) is 3.67. The number of fused-ring (bicyclic) bond motifs is 1. The van der Waals surface area contributed by atoms with Gasteiger partial charge in [-0.15, -0.1) is 4.40 Å². The van der Waals surface area contributed by atoms with Crippen LogP contribution in [-0.4, -0.2) is 68.7 Å². The maximum absolute atomic E-state index is 12.9. The molecule has 2 saturated heterocycles. The van der Waals surface area contributed by atoms with Gasteiger partial charge in [-0.3, -0.25) is 4.79 Å². The second kappa shape index (κ2) is 5.86. The molecule has 3 aliphatic heterocycles. The lowest BCUT2D eigenvalue weighted by Crippen LogP contribution is -2.53. The number of nitrogens with one attached hydrogen (secondary N) is 1. The topological polar surface area (TPSA) is 82.1 Å². The van der Waals surface area contributed by atoms with E-state index < -0.39 is 10.0 Å². The normalized spacial score (nSPS) is 25.5. The number of piperazine rings is 1. The molecule has 0 aliphatic carbocycles. The Morgan fingerprint density at radius 2 is 1.92 bits per heavy atom. The first-order chi connectivity index (χ1) is 11.6. The first-order valence-electron chi connectivity index (χ1n) is 8.28. The SMILES string of the molecule is O=C(C1CCCN1C1=NS(=O)(=O)c2ccccc21)N1CCNCC1. The van der Waals surface area contributed by atoms with Crippen molar-refractivity contribution >= 4 is 21.8 Å². The van der Waals surface area contributed by atoms with Crippen LogP contribution in [0.15, 0.2) is 33.6 Å². The van der Waals surface area contributed by atoms with Crippen LogP contribution in [-0.2, 0) is 14.8 Å². The summed E-state index contributed by atoms with van der Waals surface area (Å²) < 4.78 is 28.5. The molecular weight excluding hydrogens is 328 g/mol. The first-order valence-corrected chi connectivity index (χ1v) is 9.72. The van der Waals surface area contributed by atoms with Crippen molar-refractivity contribution in [1.29, 1.82) is 0 Å². The molecule has 1 unspecified atom stereocenters. The third kappa shape index (κ3) is 2.50. The molecule has 3 heterocycles. The van der Waals surface area contributed by atoms with E-state index in [4.69, 9.17) is 0 Å². The van der Waals surface area contributed by atoms with Crippen LogP contribution >= 0.6 is 0 Å². The summed E-state index contributed by atoms with van der Waals surface area (Å²) in [4.78, 5) is 16.9. The van der Waals surface area contributed by atoms with Crippen LogP contribution in [0.25, 0.3) is 0 Å². The van der Waals surface area contributed by atoms with Crippen molar-refractivity contribution in [3.63, 3.8) is 0 Å². The molecular formula is C16H20N4O3S. The summed E-state index contributed by atoms with van der Waals surface area (Å²) in [6.45, 7) is 3.66. The zero-order chi connectivity index (χ0) is 16.7. The Kier molecular flexibility index (Phi) is 3.80. The predicted molar refractivity (Wildman–Crippen MR) is 89.3 cm³/mol. The molecule has 1 atom stereocenters. The summed E-state index contributed by atoms with van der Waals surface area (Å²) in [6.07, 6.45) is 1.60. The fraction of sp³-hybridized carbons (Fsp3) is 0.500. The average molecular weight is 348 g/mol. The van der Waals surface area contributed by atoms with Gasteiger partial charge in [-0.1, -0.05) is 12.1 Å². The number of sulfonamides is 1. The number of amidine groups is 1. The summed E-state index contributed by atoms with van der Waals surface area (Å²) in [7, 11) is -3.65. The number of hydrogen-bond donors (Lipinski definition) is 1. The molecule has 8 heteroatoms. The lowest BCUT2D eigenvalue weighted by Gasteiger charge is -2.33. The van der Waals surface area contributed by atoms with Gasteiger partial charge in [0, 0.05) is 38.3 Å². The number of carbonyl (C=O) groups excluding carboxylic acids is 1. The largest absolute Gasteiger partial charge is 0.343 e. The standard InChI is InChI=1S/C16H20N4O3S/c21-16(19-10-7-17-8-11-19)13-5-3-9-20(13)15-12-4-1-2-6-14(12)24(22,23)18-15/h1-2,4,6,13,17H,3,5,7-11H2. The summed E-state index contributed by atoms with van der Waals surface area (Å²) in [5.74, 6) is 0.509. The Morgan fingerprint density at radius 1 is 1.17 bits per heavy atom. The highest BCUT2D eigenvalue weighted by Crippen LogP contribution is 2.31. The second-order valence-corrected chi connectivity index (χ2v) is 7.89. The third-order valence-corrected chi connectivity index (χ3v) is 6.18. The van der Waals surface area contributed by atoms with E-state index in [0.717, 1.165) is 25.9 Å². The Hall–Kier alpha value is -1.93. The molecule has 128 valence electrons. The summed E-state index contributed by atoms with van der Waals surface area (Å²) in [5.41, 5.74) is 0.609. The summed E-state index contributed by atoms with van der Waals surface area (Å²) in [5, 5.41) is 3.24. The zero-order valence-electron chi connectivity index (χ0n) is 13.3. The fourth-order valence-corrected chi connectivity index (χ4v) is 4.89. The molecule has 0 bridgehead atoms. The van der Waals surface area contributed by atoms with E-state index in [9.17, 15) is 13.2 Å². The number of rotatable bonds is 1. The van der Waals surface area contributed by atoms with Crippen LogP contribution in [0, 0.1) is 0 Å². The summed E-state index contributed by atoms with van der Waals surface area (Å²) >= 11 is 0.